The van der Waals surface area contributed by atoms with Crippen molar-refractivity contribution in [3.8, 4) is 0 Å². The maximum atomic E-state index is 5.93. The van der Waals surface area contributed by atoms with E-state index in [9.17, 15) is 0 Å². The van der Waals surface area contributed by atoms with Crippen LogP contribution in [0.1, 0.15) is 44.3 Å². The number of hydrogen-bond donors (Lipinski definition) is 1. The summed E-state index contributed by atoms with van der Waals surface area (Å²) >= 11 is 0. The topological polar surface area (TPSA) is 43.8 Å². The van der Waals surface area contributed by atoms with Crippen LogP contribution in [0.2, 0.25) is 0 Å². The quantitative estimate of drug-likeness (QED) is 0.744. The normalized spacial score (nSPS) is 27.9. The molecule has 1 aliphatic carbocycles. The lowest BCUT2D eigenvalue weighted by molar-refractivity contribution is 0.242. The summed E-state index contributed by atoms with van der Waals surface area (Å²) in [6, 6.07) is 2.49. The van der Waals surface area contributed by atoms with Crippen molar-refractivity contribution >= 4 is 5.82 Å². The Morgan fingerprint density at radius 1 is 1.43 bits per heavy atom. The van der Waals surface area contributed by atoms with Crippen LogP contribution in [0.25, 0.3) is 0 Å². The minimum Gasteiger partial charge on any atom is -0.384 e. The molecular formula is C11H19N3. The standard InChI is InChI=1S/C11H19N3/c1-8-5-3-4-6-10(8)14-11(12)7-9(2)13-14/h7-8,10H,3-6,12H2,1-2H3. The van der Waals surface area contributed by atoms with E-state index in [0.717, 1.165) is 11.5 Å². The molecule has 2 N–H and O–H groups in total. The number of aromatic nitrogens is 2. The number of nitrogen functional groups attached to an aromatic ring is 1. The summed E-state index contributed by atoms with van der Waals surface area (Å²) in [5, 5.41) is 4.48. The average molecular weight is 193 g/mol. The molecule has 0 aliphatic heterocycles. The lowest BCUT2D eigenvalue weighted by Crippen LogP contribution is -2.23. The Morgan fingerprint density at radius 2 is 2.14 bits per heavy atom. The predicted octanol–water partition coefficient (Wildman–Crippen LogP) is 2.52. The molecule has 2 atom stereocenters. The molecule has 0 saturated heterocycles. The second-order valence-electron chi connectivity index (χ2n) is 4.48. The van der Waals surface area contributed by atoms with Crippen LogP contribution >= 0.6 is 0 Å². The smallest absolute Gasteiger partial charge is 0.122 e. The van der Waals surface area contributed by atoms with Crippen molar-refractivity contribution < 1.29 is 0 Å². The fraction of sp³-hybridized carbons (Fsp3) is 0.727. The Labute approximate surface area is 85.3 Å². The van der Waals surface area contributed by atoms with Crippen LogP contribution < -0.4 is 5.73 Å². The minimum atomic E-state index is 0.525. The van der Waals surface area contributed by atoms with E-state index in [4.69, 9.17) is 5.73 Å². The van der Waals surface area contributed by atoms with Crippen molar-refractivity contribution in [2.45, 2.75) is 45.6 Å². The highest BCUT2D eigenvalue weighted by Crippen LogP contribution is 2.34. The van der Waals surface area contributed by atoms with Crippen molar-refractivity contribution in [2.24, 2.45) is 5.92 Å². The van der Waals surface area contributed by atoms with Crippen molar-refractivity contribution in [2.75, 3.05) is 5.73 Å². The summed E-state index contributed by atoms with van der Waals surface area (Å²) in [5.74, 6) is 1.53. The average Bonchev–Trinajstić information content (AvgIpc) is 2.46. The molecule has 1 fully saturated rings. The Morgan fingerprint density at radius 3 is 2.71 bits per heavy atom. The van der Waals surface area contributed by atoms with Crippen LogP contribution in [-0.4, -0.2) is 9.78 Å². The molecule has 0 amide bonds. The van der Waals surface area contributed by atoms with Gasteiger partial charge in [-0.1, -0.05) is 19.8 Å². The second-order valence-corrected chi connectivity index (χ2v) is 4.48. The maximum Gasteiger partial charge on any atom is 0.122 e. The van der Waals surface area contributed by atoms with E-state index in [1.807, 2.05) is 17.7 Å². The summed E-state index contributed by atoms with van der Waals surface area (Å²) in [6.07, 6.45) is 5.21. The van der Waals surface area contributed by atoms with Crippen LogP contribution in [-0.2, 0) is 0 Å². The van der Waals surface area contributed by atoms with E-state index in [2.05, 4.69) is 12.0 Å². The SMILES string of the molecule is Cc1cc(N)n(C2CCCCC2C)n1. The van der Waals surface area contributed by atoms with Crippen LogP contribution in [0, 0.1) is 12.8 Å². The van der Waals surface area contributed by atoms with Gasteiger partial charge >= 0.3 is 0 Å². The molecule has 1 aromatic rings. The lowest BCUT2D eigenvalue weighted by Gasteiger charge is -2.29. The molecule has 0 radical (unpaired) electrons. The van der Waals surface area contributed by atoms with Gasteiger partial charge in [-0.2, -0.15) is 5.10 Å². The van der Waals surface area contributed by atoms with Gasteiger partial charge in [0.2, 0.25) is 0 Å². The second kappa shape index (κ2) is 3.64. The minimum absolute atomic E-state index is 0.525. The molecule has 0 aromatic carbocycles. The summed E-state index contributed by atoms with van der Waals surface area (Å²) in [6.45, 7) is 4.31. The molecule has 3 heteroatoms. The van der Waals surface area contributed by atoms with Gasteiger partial charge in [0.05, 0.1) is 11.7 Å². The van der Waals surface area contributed by atoms with Crippen molar-refractivity contribution in [3.63, 3.8) is 0 Å². The summed E-state index contributed by atoms with van der Waals surface area (Å²) in [5.41, 5.74) is 6.96. The predicted molar refractivity (Wildman–Crippen MR) is 58.0 cm³/mol. The van der Waals surface area contributed by atoms with Gasteiger partial charge in [-0.25, -0.2) is 4.68 Å². The van der Waals surface area contributed by atoms with Crippen molar-refractivity contribution in [1.82, 2.24) is 9.78 Å². The highest BCUT2D eigenvalue weighted by molar-refractivity contribution is 5.31. The monoisotopic (exact) mass is 193 g/mol. The van der Waals surface area contributed by atoms with E-state index in [1.54, 1.807) is 0 Å². The molecule has 1 aliphatic rings. The van der Waals surface area contributed by atoms with Gasteiger partial charge in [0.15, 0.2) is 0 Å². The fourth-order valence-corrected chi connectivity index (χ4v) is 2.46. The summed E-state index contributed by atoms with van der Waals surface area (Å²) in [4.78, 5) is 0. The van der Waals surface area contributed by atoms with Gasteiger partial charge in [-0.15, -0.1) is 0 Å². The molecule has 2 unspecified atom stereocenters. The first-order valence-corrected chi connectivity index (χ1v) is 5.50. The molecule has 1 saturated carbocycles. The molecule has 2 rings (SSSR count). The van der Waals surface area contributed by atoms with Crippen LogP contribution in [0.5, 0.6) is 0 Å². The molecular weight excluding hydrogens is 174 g/mol. The highest BCUT2D eigenvalue weighted by Gasteiger charge is 2.24. The number of nitrogens with zero attached hydrogens (tertiary/aromatic N) is 2. The molecule has 1 aromatic heterocycles. The van der Waals surface area contributed by atoms with Gasteiger partial charge in [0.25, 0.3) is 0 Å². The first-order valence-electron chi connectivity index (χ1n) is 5.50. The summed E-state index contributed by atoms with van der Waals surface area (Å²) < 4.78 is 2.03. The Kier molecular flexibility index (Phi) is 2.48. The third-order valence-corrected chi connectivity index (χ3v) is 3.27. The number of rotatable bonds is 1. The molecule has 1 heterocycles. The molecule has 0 spiro atoms. The molecule has 78 valence electrons. The Bertz CT molecular complexity index is 316. The van der Waals surface area contributed by atoms with Gasteiger partial charge in [-0.05, 0) is 25.7 Å². The van der Waals surface area contributed by atoms with Crippen LogP contribution in [0.3, 0.4) is 0 Å². The number of anilines is 1. The summed E-state index contributed by atoms with van der Waals surface area (Å²) in [7, 11) is 0. The van der Waals surface area contributed by atoms with Crippen LogP contribution in [0.4, 0.5) is 5.82 Å². The third-order valence-electron chi connectivity index (χ3n) is 3.27. The van der Waals surface area contributed by atoms with E-state index in [0.29, 0.717) is 12.0 Å². The van der Waals surface area contributed by atoms with Crippen LogP contribution in [0.15, 0.2) is 6.07 Å². The van der Waals surface area contributed by atoms with Gasteiger partial charge in [-0.3, -0.25) is 0 Å². The zero-order chi connectivity index (χ0) is 10.1. The Hall–Kier alpha value is -0.990. The Balaban J connectivity index is 2.24. The van der Waals surface area contributed by atoms with E-state index in [1.165, 1.54) is 25.7 Å². The van der Waals surface area contributed by atoms with Crippen molar-refractivity contribution in [1.29, 1.82) is 0 Å². The van der Waals surface area contributed by atoms with E-state index >= 15 is 0 Å². The zero-order valence-corrected chi connectivity index (χ0v) is 9.03. The molecule has 3 nitrogen and oxygen atoms in total. The highest BCUT2D eigenvalue weighted by atomic mass is 15.3. The van der Waals surface area contributed by atoms with Gasteiger partial charge in [0, 0.05) is 6.07 Å². The van der Waals surface area contributed by atoms with E-state index in [-0.39, 0.29) is 0 Å². The first-order chi connectivity index (χ1) is 6.68. The third kappa shape index (κ3) is 1.63. The maximum absolute atomic E-state index is 5.93. The largest absolute Gasteiger partial charge is 0.384 e. The number of nitrogens with two attached hydrogens (primary N) is 1. The fourth-order valence-electron chi connectivity index (χ4n) is 2.46. The zero-order valence-electron chi connectivity index (χ0n) is 9.03. The number of hydrogen-bond acceptors (Lipinski definition) is 2. The van der Waals surface area contributed by atoms with Gasteiger partial charge in [0.1, 0.15) is 5.82 Å². The molecule has 14 heavy (non-hydrogen) atoms. The lowest BCUT2D eigenvalue weighted by atomic mass is 9.86. The van der Waals surface area contributed by atoms with E-state index < -0.39 is 0 Å². The van der Waals surface area contributed by atoms with Crippen molar-refractivity contribution in [3.05, 3.63) is 11.8 Å². The van der Waals surface area contributed by atoms with Gasteiger partial charge < -0.3 is 5.73 Å². The molecule has 0 bridgehead atoms. The number of aryl methyl sites for hydroxylation is 1. The first kappa shape index (κ1) is 9.56.